The van der Waals surface area contributed by atoms with Crippen LogP contribution in [0, 0.1) is 0 Å². The van der Waals surface area contributed by atoms with Crippen molar-refractivity contribution in [3.8, 4) is 11.5 Å². The van der Waals surface area contributed by atoms with Gasteiger partial charge < -0.3 is 19.2 Å². The van der Waals surface area contributed by atoms with Gasteiger partial charge in [-0.2, -0.15) is 0 Å². The summed E-state index contributed by atoms with van der Waals surface area (Å²) in [5.74, 6) is 0.766. The zero-order valence-electron chi connectivity index (χ0n) is 10.8. The normalized spacial score (nSPS) is 13.6. The Labute approximate surface area is 130 Å². The summed E-state index contributed by atoms with van der Waals surface area (Å²) in [7, 11) is 0. The fourth-order valence-corrected chi connectivity index (χ4v) is 2.25. The van der Waals surface area contributed by atoms with E-state index in [1.165, 1.54) is 12.1 Å². The van der Waals surface area contributed by atoms with Crippen LogP contribution in [0.3, 0.4) is 0 Å². The van der Waals surface area contributed by atoms with E-state index in [2.05, 4.69) is 5.32 Å². The van der Waals surface area contributed by atoms with Gasteiger partial charge in [0, 0.05) is 18.6 Å². The lowest BCUT2D eigenvalue weighted by molar-refractivity contribution is 0.0996. The maximum absolute atomic E-state index is 12.0. The fourth-order valence-electron chi connectivity index (χ4n) is 1.90. The average Bonchev–Trinajstić information content (AvgIpc) is 2.76. The molecule has 0 saturated heterocycles. The minimum atomic E-state index is -0.446. The molecule has 0 unspecified atom stereocenters. The molecule has 1 amide bonds. The smallest absolute Gasteiger partial charge is 0.291 e. The van der Waals surface area contributed by atoms with E-state index >= 15 is 0 Å². The predicted molar refractivity (Wildman–Crippen MR) is 78.7 cm³/mol. The van der Waals surface area contributed by atoms with Crippen LogP contribution in [0.5, 0.6) is 11.5 Å². The van der Waals surface area contributed by atoms with Crippen LogP contribution < -0.4 is 14.8 Å². The summed E-state index contributed by atoms with van der Waals surface area (Å²) in [6, 6.07) is 6.22. The molecule has 2 aromatic rings. The molecule has 1 aromatic carbocycles. The molecule has 2 heterocycles. The second-order valence-corrected chi connectivity index (χ2v) is 5.17. The van der Waals surface area contributed by atoms with Crippen LogP contribution >= 0.6 is 23.2 Å². The van der Waals surface area contributed by atoms with E-state index < -0.39 is 5.91 Å². The number of benzene rings is 1. The SMILES string of the molecule is O=C(Nc1cc2c(cc1Cl)OCCCO2)c1ccc(Cl)o1. The van der Waals surface area contributed by atoms with Crippen LogP contribution in [0.1, 0.15) is 17.0 Å². The molecule has 1 aliphatic rings. The molecule has 0 aliphatic carbocycles. The first-order valence-corrected chi connectivity index (χ1v) is 7.05. The zero-order chi connectivity index (χ0) is 14.8. The molecule has 0 radical (unpaired) electrons. The van der Waals surface area contributed by atoms with Gasteiger partial charge in [0.2, 0.25) is 0 Å². The summed E-state index contributed by atoms with van der Waals surface area (Å²) in [5, 5.41) is 3.15. The van der Waals surface area contributed by atoms with E-state index in [1.54, 1.807) is 12.1 Å². The van der Waals surface area contributed by atoms with E-state index in [1.807, 2.05) is 0 Å². The zero-order valence-corrected chi connectivity index (χ0v) is 12.3. The van der Waals surface area contributed by atoms with Crippen molar-refractivity contribution in [2.75, 3.05) is 18.5 Å². The number of rotatable bonds is 2. The molecular formula is C14H11Cl2NO4. The van der Waals surface area contributed by atoms with Gasteiger partial charge in [0.1, 0.15) is 0 Å². The van der Waals surface area contributed by atoms with Crippen molar-refractivity contribution in [2.45, 2.75) is 6.42 Å². The maximum Gasteiger partial charge on any atom is 0.291 e. The third-order valence-electron chi connectivity index (χ3n) is 2.88. The number of halogens is 2. The topological polar surface area (TPSA) is 60.7 Å². The summed E-state index contributed by atoms with van der Waals surface area (Å²) in [6.07, 6.45) is 0.791. The van der Waals surface area contributed by atoms with E-state index in [0.29, 0.717) is 35.4 Å². The molecule has 7 heteroatoms. The second-order valence-electron chi connectivity index (χ2n) is 4.39. The van der Waals surface area contributed by atoms with Crippen molar-refractivity contribution in [2.24, 2.45) is 0 Å². The molecular weight excluding hydrogens is 317 g/mol. The Bertz CT molecular complexity index is 684. The number of nitrogens with one attached hydrogen (secondary N) is 1. The number of anilines is 1. The van der Waals surface area contributed by atoms with Crippen LogP contribution in [0.15, 0.2) is 28.7 Å². The molecule has 1 aliphatic heterocycles. The summed E-state index contributed by atoms with van der Waals surface area (Å²) >= 11 is 11.8. The van der Waals surface area contributed by atoms with E-state index in [-0.39, 0.29) is 11.0 Å². The van der Waals surface area contributed by atoms with Crippen molar-refractivity contribution >= 4 is 34.8 Å². The monoisotopic (exact) mass is 327 g/mol. The van der Waals surface area contributed by atoms with Gasteiger partial charge in [-0.15, -0.1) is 0 Å². The minimum absolute atomic E-state index is 0.100. The third-order valence-corrected chi connectivity index (χ3v) is 3.40. The Hall–Kier alpha value is -1.85. The Kier molecular flexibility index (Phi) is 3.94. The molecule has 0 fully saturated rings. The van der Waals surface area contributed by atoms with Gasteiger partial charge in [0.15, 0.2) is 22.5 Å². The Morgan fingerprint density at radius 2 is 1.81 bits per heavy atom. The van der Waals surface area contributed by atoms with E-state index in [9.17, 15) is 4.79 Å². The maximum atomic E-state index is 12.0. The molecule has 3 rings (SSSR count). The first kappa shape index (κ1) is 14.1. The largest absolute Gasteiger partial charge is 0.490 e. The van der Waals surface area contributed by atoms with E-state index in [0.717, 1.165) is 6.42 Å². The Morgan fingerprint density at radius 3 is 2.48 bits per heavy atom. The fraction of sp³-hybridized carbons (Fsp3) is 0.214. The van der Waals surface area contributed by atoms with Gasteiger partial charge in [-0.05, 0) is 23.7 Å². The minimum Gasteiger partial charge on any atom is -0.490 e. The lowest BCUT2D eigenvalue weighted by Crippen LogP contribution is -2.11. The van der Waals surface area contributed by atoms with Crippen molar-refractivity contribution in [1.82, 2.24) is 0 Å². The number of carbonyl (C=O) groups excluding carboxylic acids is 1. The molecule has 5 nitrogen and oxygen atoms in total. The average molecular weight is 328 g/mol. The number of hydrogen-bond donors (Lipinski definition) is 1. The highest BCUT2D eigenvalue weighted by Crippen LogP contribution is 2.37. The summed E-state index contributed by atoms with van der Waals surface area (Å²) < 4.78 is 16.1. The Balaban J connectivity index is 1.85. The van der Waals surface area contributed by atoms with Crippen molar-refractivity contribution in [3.05, 3.63) is 40.3 Å². The molecule has 1 aromatic heterocycles. The molecule has 21 heavy (non-hydrogen) atoms. The van der Waals surface area contributed by atoms with Gasteiger partial charge in [0.25, 0.3) is 5.91 Å². The Morgan fingerprint density at radius 1 is 1.10 bits per heavy atom. The second kappa shape index (κ2) is 5.87. The molecule has 0 spiro atoms. The molecule has 0 saturated carbocycles. The quantitative estimate of drug-likeness (QED) is 0.905. The van der Waals surface area contributed by atoms with Crippen molar-refractivity contribution in [3.63, 3.8) is 0 Å². The van der Waals surface area contributed by atoms with Crippen molar-refractivity contribution < 1.29 is 18.7 Å². The van der Waals surface area contributed by atoms with Gasteiger partial charge in [-0.1, -0.05) is 11.6 Å². The van der Waals surface area contributed by atoms with Crippen LogP contribution in [-0.2, 0) is 0 Å². The first-order valence-electron chi connectivity index (χ1n) is 6.29. The molecule has 0 atom stereocenters. The summed E-state index contributed by atoms with van der Waals surface area (Å²) in [6.45, 7) is 1.12. The number of carbonyl (C=O) groups is 1. The number of fused-ring (bicyclic) bond motifs is 1. The summed E-state index contributed by atoms with van der Waals surface area (Å²) in [5.41, 5.74) is 0.415. The first-order chi connectivity index (χ1) is 10.1. The van der Waals surface area contributed by atoms with E-state index in [4.69, 9.17) is 37.1 Å². The highest BCUT2D eigenvalue weighted by Gasteiger charge is 2.17. The molecule has 0 bridgehead atoms. The number of hydrogen-bond acceptors (Lipinski definition) is 4. The molecule has 110 valence electrons. The van der Waals surface area contributed by atoms with Gasteiger partial charge in [0.05, 0.1) is 23.9 Å². The number of ether oxygens (including phenoxy) is 2. The van der Waals surface area contributed by atoms with Crippen LogP contribution in [-0.4, -0.2) is 19.1 Å². The highest BCUT2D eigenvalue weighted by atomic mass is 35.5. The number of amides is 1. The van der Waals surface area contributed by atoms with Crippen LogP contribution in [0.4, 0.5) is 5.69 Å². The predicted octanol–water partition coefficient (Wildman–Crippen LogP) is 4.00. The molecule has 1 N–H and O–H groups in total. The van der Waals surface area contributed by atoms with Crippen LogP contribution in [0.25, 0.3) is 0 Å². The van der Waals surface area contributed by atoms with Gasteiger partial charge >= 0.3 is 0 Å². The lowest BCUT2D eigenvalue weighted by atomic mass is 10.2. The highest BCUT2D eigenvalue weighted by molar-refractivity contribution is 6.34. The van der Waals surface area contributed by atoms with Crippen LogP contribution in [0.2, 0.25) is 10.2 Å². The standard InChI is InChI=1S/C14H11Cl2NO4/c15-8-6-11-12(20-5-1-4-19-11)7-9(8)17-14(18)10-2-3-13(16)21-10/h2-3,6-7H,1,4-5H2,(H,17,18). The van der Waals surface area contributed by atoms with Gasteiger partial charge in [-0.25, -0.2) is 0 Å². The van der Waals surface area contributed by atoms with Gasteiger partial charge in [-0.3, -0.25) is 4.79 Å². The summed E-state index contributed by atoms with van der Waals surface area (Å²) in [4.78, 5) is 12.0. The number of furan rings is 1. The third kappa shape index (κ3) is 3.09. The lowest BCUT2D eigenvalue weighted by Gasteiger charge is -2.11. The van der Waals surface area contributed by atoms with Crippen molar-refractivity contribution in [1.29, 1.82) is 0 Å².